The van der Waals surface area contributed by atoms with Gasteiger partial charge in [0, 0.05) is 18.3 Å². The van der Waals surface area contributed by atoms with Crippen LogP contribution in [0.3, 0.4) is 0 Å². The van der Waals surface area contributed by atoms with Crippen molar-refractivity contribution < 1.29 is 0 Å². The number of aryl methyl sites for hydroxylation is 1. The van der Waals surface area contributed by atoms with Crippen molar-refractivity contribution in [3.8, 4) is 22.6 Å². The van der Waals surface area contributed by atoms with Crippen LogP contribution in [-0.4, -0.2) is 17.0 Å². The number of aromatic amines is 1. The molecule has 0 fully saturated rings. The van der Waals surface area contributed by atoms with Crippen LogP contribution in [0.4, 0.5) is 5.69 Å². The van der Waals surface area contributed by atoms with E-state index in [1.54, 1.807) is 0 Å². The normalized spacial score (nSPS) is 10.5. The molecule has 0 aliphatic rings. The minimum absolute atomic E-state index is 0.888. The van der Waals surface area contributed by atoms with E-state index in [1.807, 2.05) is 25.4 Å². The van der Waals surface area contributed by atoms with Gasteiger partial charge in [-0.3, -0.25) is 0 Å². The number of rotatable bonds is 3. The molecular formula is C17H17N3. The van der Waals surface area contributed by atoms with Crippen molar-refractivity contribution in [3.05, 3.63) is 60.3 Å². The summed E-state index contributed by atoms with van der Waals surface area (Å²) < 4.78 is 0. The lowest BCUT2D eigenvalue weighted by atomic mass is 10.1. The molecular weight excluding hydrogens is 246 g/mol. The van der Waals surface area contributed by atoms with Crippen molar-refractivity contribution in [1.82, 2.24) is 9.97 Å². The largest absolute Gasteiger partial charge is 0.388 e. The number of hydrogen-bond acceptors (Lipinski definition) is 2. The van der Waals surface area contributed by atoms with Crippen LogP contribution in [0.2, 0.25) is 0 Å². The summed E-state index contributed by atoms with van der Waals surface area (Å²) in [5.41, 5.74) is 5.61. The zero-order valence-electron chi connectivity index (χ0n) is 11.6. The quantitative estimate of drug-likeness (QED) is 0.747. The molecule has 3 rings (SSSR count). The van der Waals surface area contributed by atoms with Gasteiger partial charge in [-0.25, -0.2) is 4.98 Å². The van der Waals surface area contributed by atoms with Gasteiger partial charge >= 0.3 is 0 Å². The van der Waals surface area contributed by atoms with Crippen LogP contribution in [0.15, 0.2) is 54.7 Å². The van der Waals surface area contributed by atoms with E-state index >= 15 is 0 Å². The molecule has 0 amide bonds. The average Bonchev–Trinajstić information content (AvgIpc) is 2.97. The Kier molecular flexibility index (Phi) is 3.25. The second-order valence-corrected chi connectivity index (χ2v) is 4.85. The van der Waals surface area contributed by atoms with Crippen LogP contribution < -0.4 is 5.32 Å². The summed E-state index contributed by atoms with van der Waals surface area (Å²) in [6.45, 7) is 2.09. The Morgan fingerprint density at radius 1 is 1.00 bits per heavy atom. The number of nitrogens with zero attached hydrogens (tertiary/aromatic N) is 1. The first-order chi connectivity index (χ1) is 9.76. The first-order valence-corrected chi connectivity index (χ1v) is 6.66. The van der Waals surface area contributed by atoms with Gasteiger partial charge in [-0.15, -0.1) is 0 Å². The Morgan fingerprint density at radius 2 is 1.80 bits per heavy atom. The number of anilines is 1. The lowest BCUT2D eigenvalue weighted by Crippen LogP contribution is -1.88. The second-order valence-electron chi connectivity index (χ2n) is 4.85. The second kappa shape index (κ2) is 5.21. The fraction of sp³-hybridized carbons (Fsp3) is 0.118. The van der Waals surface area contributed by atoms with Gasteiger partial charge in [-0.2, -0.15) is 0 Å². The summed E-state index contributed by atoms with van der Waals surface area (Å²) in [4.78, 5) is 7.87. The first kappa shape index (κ1) is 12.5. The highest BCUT2D eigenvalue weighted by molar-refractivity contribution is 5.67. The van der Waals surface area contributed by atoms with Crippen molar-refractivity contribution in [2.24, 2.45) is 0 Å². The SMILES string of the molecule is CNc1cccc(-c2ncc(-c3cccc(C)c3)[nH]2)c1. The van der Waals surface area contributed by atoms with E-state index in [4.69, 9.17) is 0 Å². The van der Waals surface area contributed by atoms with Crippen LogP contribution in [0.1, 0.15) is 5.56 Å². The molecule has 3 nitrogen and oxygen atoms in total. The van der Waals surface area contributed by atoms with E-state index in [0.29, 0.717) is 0 Å². The van der Waals surface area contributed by atoms with Gasteiger partial charge in [0.25, 0.3) is 0 Å². The summed E-state index contributed by atoms with van der Waals surface area (Å²) in [5, 5.41) is 3.14. The summed E-state index contributed by atoms with van der Waals surface area (Å²) in [5.74, 6) is 0.888. The Morgan fingerprint density at radius 3 is 2.60 bits per heavy atom. The molecule has 0 spiro atoms. The number of nitrogens with one attached hydrogen (secondary N) is 2. The molecule has 1 aromatic heterocycles. The topological polar surface area (TPSA) is 40.7 Å². The highest BCUT2D eigenvalue weighted by atomic mass is 14.9. The van der Waals surface area contributed by atoms with Gasteiger partial charge in [0.1, 0.15) is 5.82 Å². The van der Waals surface area contributed by atoms with Crippen LogP contribution in [0.5, 0.6) is 0 Å². The van der Waals surface area contributed by atoms with Gasteiger partial charge in [0.15, 0.2) is 0 Å². The summed E-state index contributed by atoms with van der Waals surface area (Å²) in [7, 11) is 1.92. The summed E-state index contributed by atoms with van der Waals surface area (Å²) >= 11 is 0. The number of H-pyrrole nitrogens is 1. The first-order valence-electron chi connectivity index (χ1n) is 6.66. The van der Waals surface area contributed by atoms with E-state index in [2.05, 4.69) is 58.6 Å². The molecule has 0 radical (unpaired) electrons. The molecule has 0 unspecified atom stereocenters. The van der Waals surface area contributed by atoms with Crippen molar-refractivity contribution in [2.75, 3.05) is 12.4 Å². The molecule has 0 saturated carbocycles. The number of aromatic nitrogens is 2. The Hall–Kier alpha value is -2.55. The molecule has 0 saturated heterocycles. The number of hydrogen-bond donors (Lipinski definition) is 2. The van der Waals surface area contributed by atoms with Crippen molar-refractivity contribution in [2.45, 2.75) is 6.92 Å². The van der Waals surface area contributed by atoms with E-state index in [0.717, 1.165) is 28.3 Å². The molecule has 3 aromatic rings. The molecule has 2 N–H and O–H groups in total. The van der Waals surface area contributed by atoms with Crippen LogP contribution in [-0.2, 0) is 0 Å². The van der Waals surface area contributed by atoms with Gasteiger partial charge in [-0.05, 0) is 30.7 Å². The molecule has 0 bridgehead atoms. The fourth-order valence-electron chi connectivity index (χ4n) is 2.25. The zero-order chi connectivity index (χ0) is 13.9. The third-order valence-electron chi connectivity index (χ3n) is 3.33. The monoisotopic (exact) mass is 263 g/mol. The predicted octanol–water partition coefficient (Wildman–Crippen LogP) is 4.09. The van der Waals surface area contributed by atoms with E-state index in [-0.39, 0.29) is 0 Å². The molecule has 0 aliphatic carbocycles. The summed E-state index contributed by atoms with van der Waals surface area (Å²) in [6, 6.07) is 16.6. The van der Waals surface area contributed by atoms with Crippen LogP contribution in [0.25, 0.3) is 22.6 Å². The molecule has 1 heterocycles. The van der Waals surface area contributed by atoms with Crippen LogP contribution in [0, 0.1) is 6.92 Å². The molecule has 20 heavy (non-hydrogen) atoms. The summed E-state index contributed by atoms with van der Waals surface area (Å²) in [6.07, 6.45) is 1.89. The van der Waals surface area contributed by atoms with Gasteiger partial charge < -0.3 is 10.3 Å². The zero-order valence-corrected chi connectivity index (χ0v) is 11.6. The van der Waals surface area contributed by atoms with Crippen molar-refractivity contribution in [1.29, 1.82) is 0 Å². The predicted molar refractivity (Wildman–Crippen MR) is 83.7 cm³/mol. The fourth-order valence-corrected chi connectivity index (χ4v) is 2.25. The van der Waals surface area contributed by atoms with E-state index < -0.39 is 0 Å². The third-order valence-corrected chi connectivity index (χ3v) is 3.33. The Balaban J connectivity index is 1.97. The highest BCUT2D eigenvalue weighted by Gasteiger charge is 2.06. The van der Waals surface area contributed by atoms with Gasteiger partial charge in [0.05, 0.1) is 11.9 Å². The number of benzene rings is 2. The molecule has 100 valence electrons. The van der Waals surface area contributed by atoms with Gasteiger partial charge in [0.2, 0.25) is 0 Å². The van der Waals surface area contributed by atoms with E-state index in [9.17, 15) is 0 Å². The third kappa shape index (κ3) is 2.43. The lowest BCUT2D eigenvalue weighted by Gasteiger charge is -2.02. The average molecular weight is 263 g/mol. The van der Waals surface area contributed by atoms with Gasteiger partial charge in [-0.1, -0.05) is 35.9 Å². The molecule has 3 heteroatoms. The highest BCUT2D eigenvalue weighted by Crippen LogP contribution is 2.24. The number of imidazole rings is 1. The lowest BCUT2D eigenvalue weighted by molar-refractivity contribution is 1.31. The molecule has 0 aliphatic heterocycles. The Labute approximate surface area is 118 Å². The van der Waals surface area contributed by atoms with Crippen molar-refractivity contribution >= 4 is 5.69 Å². The smallest absolute Gasteiger partial charge is 0.137 e. The standard InChI is InChI=1S/C17H17N3/c1-12-5-3-6-13(9-12)16-11-19-17(20-16)14-7-4-8-15(10-14)18-2/h3-11,18H,1-2H3,(H,19,20). The Bertz CT molecular complexity index is 728. The maximum atomic E-state index is 4.48. The molecule has 2 aromatic carbocycles. The van der Waals surface area contributed by atoms with E-state index in [1.165, 1.54) is 5.56 Å². The minimum atomic E-state index is 0.888. The maximum Gasteiger partial charge on any atom is 0.137 e. The molecule has 0 atom stereocenters. The minimum Gasteiger partial charge on any atom is -0.388 e. The van der Waals surface area contributed by atoms with Crippen molar-refractivity contribution in [3.63, 3.8) is 0 Å². The maximum absolute atomic E-state index is 4.48. The van der Waals surface area contributed by atoms with Crippen LogP contribution >= 0.6 is 0 Å².